The second kappa shape index (κ2) is 5.40. The van der Waals surface area contributed by atoms with Crippen molar-refractivity contribution in [3.8, 4) is 0 Å². The van der Waals surface area contributed by atoms with E-state index in [1.54, 1.807) is 18.3 Å². The van der Waals surface area contributed by atoms with E-state index in [1.807, 2.05) is 21.1 Å². The van der Waals surface area contributed by atoms with Gasteiger partial charge in [0.2, 0.25) is 0 Å². The predicted molar refractivity (Wildman–Crippen MR) is 67.3 cm³/mol. The summed E-state index contributed by atoms with van der Waals surface area (Å²) in [5.41, 5.74) is 8.75. The summed E-state index contributed by atoms with van der Waals surface area (Å²) in [4.78, 5) is 15.4. The average Bonchev–Trinajstić information content (AvgIpc) is 2.18. The first-order chi connectivity index (χ1) is 7.88. The number of carbonyl (C=O) groups is 1. The van der Waals surface area contributed by atoms with Crippen molar-refractivity contribution in [3.63, 3.8) is 0 Å². The number of rotatable bonds is 4. The lowest BCUT2D eigenvalue weighted by atomic mass is 10.3. The summed E-state index contributed by atoms with van der Waals surface area (Å²) in [6.07, 6.45) is 3.08. The number of amides is 1. The van der Waals surface area contributed by atoms with Crippen molar-refractivity contribution in [1.29, 1.82) is 0 Å². The minimum Gasteiger partial charge on any atom is -0.383 e. The molecule has 0 atom stereocenters. The Kier molecular flexibility index (Phi) is 4.17. The number of hydrogen-bond donors (Lipinski definition) is 2. The summed E-state index contributed by atoms with van der Waals surface area (Å²) < 4.78 is 0.552. The van der Waals surface area contributed by atoms with Gasteiger partial charge in [0.25, 0.3) is 5.91 Å². The molecule has 1 aromatic heterocycles. The maximum Gasteiger partial charge on any atom is 0.295 e. The van der Waals surface area contributed by atoms with Crippen molar-refractivity contribution in [2.24, 2.45) is 5.10 Å². The lowest BCUT2D eigenvalue weighted by molar-refractivity contribution is -0.862. The van der Waals surface area contributed by atoms with Crippen LogP contribution in [-0.4, -0.2) is 49.3 Å². The second-order valence-corrected chi connectivity index (χ2v) is 4.72. The van der Waals surface area contributed by atoms with Gasteiger partial charge in [0, 0.05) is 11.8 Å². The van der Waals surface area contributed by atoms with Crippen LogP contribution in [0.5, 0.6) is 0 Å². The van der Waals surface area contributed by atoms with Gasteiger partial charge in [0.15, 0.2) is 6.54 Å². The Morgan fingerprint density at radius 1 is 1.59 bits per heavy atom. The van der Waals surface area contributed by atoms with E-state index < -0.39 is 0 Å². The predicted octanol–water partition coefficient (Wildman–Crippen LogP) is -0.180. The van der Waals surface area contributed by atoms with Gasteiger partial charge < -0.3 is 10.2 Å². The zero-order chi connectivity index (χ0) is 12.9. The van der Waals surface area contributed by atoms with E-state index in [-0.39, 0.29) is 5.91 Å². The van der Waals surface area contributed by atoms with Crippen LogP contribution in [0.4, 0.5) is 5.82 Å². The zero-order valence-electron chi connectivity index (χ0n) is 10.3. The summed E-state index contributed by atoms with van der Waals surface area (Å²) in [5, 5.41) is 3.83. The summed E-state index contributed by atoms with van der Waals surface area (Å²) in [6, 6.07) is 3.53. The van der Waals surface area contributed by atoms with Gasteiger partial charge in [-0.3, -0.25) is 4.79 Å². The molecule has 1 rings (SSSR count). The topological polar surface area (TPSA) is 80.4 Å². The average molecular weight is 236 g/mol. The quantitative estimate of drug-likeness (QED) is 0.432. The fourth-order valence-electron chi connectivity index (χ4n) is 1.18. The van der Waals surface area contributed by atoms with Crippen LogP contribution >= 0.6 is 0 Å². The van der Waals surface area contributed by atoms with Gasteiger partial charge in [-0.05, 0) is 12.1 Å². The zero-order valence-corrected chi connectivity index (χ0v) is 10.3. The number of nitrogen functional groups attached to an aromatic ring is 1. The highest BCUT2D eigenvalue weighted by Gasteiger charge is 2.12. The largest absolute Gasteiger partial charge is 0.383 e. The Morgan fingerprint density at radius 2 is 2.29 bits per heavy atom. The van der Waals surface area contributed by atoms with Crippen molar-refractivity contribution >= 4 is 17.9 Å². The molecule has 6 nitrogen and oxygen atoms in total. The van der Waals surface area contributed by atoms with Crippen LogP contribution in [0.1, 0.15) is 5.56 Å². The minimum atomic E-state index is -0.142. The normalized spacial score (nSPS) is 11.7. The summed E-state index contributed by atoms with van der Waals surface area (Å²) in [7, 11) is 5.80. The molecular weight excluding hydrogens is 218 g/mol. The number of pyridine rings is 1. The molecule has 6 heteroatoms. The van der Waals surface area contributed by atoms with Crippen LogP contribution in [0, 0.1) is 0 Å². The molecule has 0 unspecified atom stereocenters. The van der Waals surface area contributed by atoms with Gasteiger partial charge in [0.05, 0.1) is 27.4 Å². The first-order valence-corrected chi connectivity index (χ1v) is 5.21. The van der Waals surface area contributed by atoms with Crippen molar-refractivity contribution < 1.29 is 9.28 Å². The molecular formula is C11H18N5O+. The summed E-state index contributed by atoms with van der Waals surface area (Å²) in [5.74, 6) is 0.244. The molecule has 0 aliphatic carbocycles. The number of likely N-dealkylation sites (N-methyl/N-ethyl adjacent to an activating group) is 1. The molecule has 0 spiro atoms. The van der Waals surface area contributed by atoms with Gasteiger partial charge in [-0.25, -0.2) is 10.4 Å². The van der Waals surface area contributed by atoms with Crippen molar-refractivity contribution in [2.75, 3.05) is 33.4 Å². The number of aromatic nitrogens is 1. The van der Waals surface area contributed by atoms with Crippen molar-refractivity contribution in [1.82, 2.24) is 10.4 Å². The Balaban J connectivity index is 2.51. The molecule has 0 fully saturated rings. The Labute approximate surface area is 101 Å². The summed E-state index contributed by atoms with van der Waals surface area (Å²) in [6.45, 7) is 0.361. The Morgan fingerprint density at radius 3 is 2.88 bits per heavy atom. The van der Waals surface area contributed by atoms with E-state index in [0.717, 1.165) is 0 Å². The lowest BCUT2D eigenvalue weighted by Gasteiger charge is -2.21. The van der Waals surface area contributed by atoms with Gasteiger partial charge >= 0.3 is 0 Å². The van der Waals surface area contributed by atoms with Crippen molar-refractivity contribution in [3.05, 3.63) is 23.9 Å². The molecule has 92 valence electrons. The smallest absolute Gasteiger partial charge is 0.295 e. The van der Waals surface area contributed by atoms with E-state index in [1.165, 1.54) is 6.21 Å². The number of anilines is 1. The fraction of sp³-hybridized carbons (Fsp3) is 0.364. The molecule has 0 aliphatic rings. The van der Waals surface area contributed by atoms with Gasteiger partial charge in [-0.2, -0.15) is 5.10 Å². The molecule has 3 N–H and O–H groups in total. The number of nitrogens with two attached hydrogens (primary N) is 1. The van der Waals surface area contributed by atoms with Gasteiger partial charge in [-0.15, -0.1) is 0 Å². The number of hydrazone groups is 1. The van der Waals surface area contributed by atoms with Gasteiger partial charge in [-0.1, -0.05) is 0 Å². The highest BCUT2D eigenvalue weighted by Crippen LogP contribution is 2.02. The third-order valence-corrected chi connectivity index (χ3v) is 1.88. The highest BCUT2D eigenvalue weighted by molar-refractivity contribution is 5.86. The third-order valence-electron chi connectivity index (χ3n) is 1.88. The van der Waals surface area contributed by atoms with E-state index >= 15 is 0 Å². The van der Waals surface area contributed by atoms with Crippen molar-refractivity contribution in [2.45, 2.75) is 0 Å². The molecule has 17 heavy (non-hydrogen) atoms. The van der Waals surface area contributed by atoms with Crippen LogP contribution in [0.3, 0.4) is 0 Å². The standard InChI is InChI=1S/C11H17N5O/c1-16(2,3)8-10(17)15-14-7-9-5-4-6-13-11(9)12/h4-7H,8H2,1-3H3,(H2-,12,13,14,15,17)/p+1. The SMILES string of the molecule is C[N+](C)(C)CC(=O)N/N=C/c1cccnc1N. The molecule has 0 aromatic carbocycles. The molecule has 1 aromatic rings. The van der Waals surface area contributed by atoms with Crippen LogP contribution in [-0.2, 0) is 4.79 Å². The molecule has 0 saturated heterocycles. The minimum absolute atomic E-state index is 0.142. The molecule has 0 radical (unpaired) electrons. The second-order valence-electron chi connectivity index (χ2n) is 4.72. The third kappa shape index (κ3) is 5.07. The molecule has 0 saturated carbocycles. The molecule has 0 aliphatic heterocycles. The molecule has 1 heterocycles. The molecule has 1 amide bonds. The number of nitrogens with one attached hydrogen (secondary N) is 1. The highest BCUT2D eigenvalue weighted by atomic mass is 16.2. The van der Waals surface area contributed by atoms with Crippen LogP contribution < -0.4 is 11.2 Å². The number of nitrogens with zero attached hydrogens (tertiary/aromatic N) is 3. The van der Waals surface area contributed by atoms with E-state index in [2.05, 4.69) is 15.5 Å². The van der Waals surface area contributed by atoms with Crippen LogP contribution in [0.2, 0.25) is 0 Å². The molecule has 0 bridgehead atoms. The first kappa shape index (κ1) is 13.1. The van der Waals surface area contributed by atoms with E-state index in [4.69, 9.17) is 5.73 Å². The monoisotopic (exact) mass is 236 g/mol. The maximum atomic E-state index is 11.4. The lowest BCUT2D eigenvalue weighted by Crippen LogP contribution is -2.43. The van der Waals surface area contributed by atoms with E-state index in [9.17, 15) is 4.79 Å². The number of quaternary nitrogens is 1. The van der Waals surface area contributed by atoms with Crippen LogP contribution in [0.25, 0.3) is 0 Å². The van der Waals surface area contributed by atoms with Crippen LogP contribution in [0.15, 0.2) is 23.4 Å². The number of carbonyl (C=O) groups excluding carboxylic acids is 1. The summed E-state index contributed by atoms with van der Waals surface area (Å²) >= 11 is 0. The number of hydrogen-bond acceptors (Lipinski definition) is 4. The first-order valence-electron chi connectivity index (χ1n) is 5.21. The van der Waals surface area contributed by atoms with E-state index in [0.29, 0.717) is 22.4 Å². The Hall–Kier alpha value is -1.95. The Bertz CT molecular complexity index is 422. The fourth-order valence-corrected chi connectivity index (χ4v) is 1.18. The van der Waals surface area contributed by atoms with Gasteiger partial charge in [0.1, 0.15) is 5.82 Å². The maximum absolute atomic E-state index is 11.4.